The molecule has 2 amide bonds. The second-order valence-electron chi connectivity index (χ2n) is 8.22. The number of carbonyl (C=O) groups is 3. The first kappa shape index (κ1) is 23.3. The van der Waals surface area contributed by atoms with Crippen molar-refractivity contribution in [2.75, 3.05) is 13.2 Å². The number of alkyl carbamates (subject to hydrolysis) is 1. The average Bonchev–Trinajstić information content (AvgIpc) is 3.07. The van der Waals surface area contributed by atoms with Gasteiger partial charge in [-0.1, -0.05) is 55.5 Å². The number of hydrogen-bond acceptors (Lipinski definition) is 5. The maximum absolute atomic E-state index is 12.4. The number of aliphatic hydroxyl groups is 1. The number of carboxylic acid groups (broad SMARTS) is 1. The van der Waals surface area contributed by atoms with Gasteiger partial charge in [0, 0.05) is 12.5 Å². The summed E-state index contributed by atoms with van der Waals surface area (Å²) in [6.45, 7) is 2.93. The van der Waals surface area contributed by atoms with Gasteiger partial charge in [0.05, 0.1) is 12.0 Å². The van der Waals surface area contributed by atoms with E-state index >= 15 is 0 Å². The molecule has 0 saturated carbocycles. The molecule has 8 heteroatoms. The lowest BCUT2D eigenvalue weighted by molar-refractivity contribution is -0.142. The molecule has 0 bridgehead atoms. The minimum atomic E-state index is -1.59. The summed E-state index contributed by atoms with van der Waals surface area (Å²) < 4.78 is 5.46. The largest absolute Gasteiger partial charge is 0.481 e. The van der Waals surface area contributed by atoms with Crippen molar-refractivity contribution in [3.05, 3.63) is 59.7 Å². The van der Waals surface area contributed by atoms with Crippen LogP contribution >= 0.6 is 0 Å². The van der Waals surface area contributed by atoms with Crippen LogP contribution in [0.25, 0.3) is 11.1 Å². The fraction of sp³-hybridized carbons (Fsp3) is 0.375. The Morgan fingerprint density at radius 3 is 2.16 bits per heavy atom. The van der Waals surface area contributed by atoms with Crippen molar-refractivity contribution in [3.63, 3.8) is 0 Å². The smallest absolute Gasteiger partial charge is 0.407 e. The highest BCUT2D eigenvalue weighted by molar-refractivity contribution is 5.85. The van der Waals surface area contributed by atoms with Gasteiger partial charge in [-0.3, -0.25) is 9.59 Å². The SMILES string of the molecule is CC[C@H](NC(=O)OCC1c2ccccc2-c2ccccc21)C(=O)NCC(C)(O)CC(=O)O. The van der Waals surface area contributed by atoms with E-state index in [1.54, 1.807) is 6.92 Å². The third kappa shape index (κ3) is 5.45. The number of carbonyl (C=O) groups excluding carboxylic acids is 2. The number of hydrogen-bond donors (Lipinski definition) is 4. The number of fused-ring (bicyclic) bond motifs is 3. The first-order chi connectivity index (χ1) is 15.2. The summed E-state index contributed by atoms with van der Waals surface area (Å²) in [4.78, 5) is 35.6. The summed E-state index contributed by atoms with van der Waals surface area (Å²) in [5.74, 6) is -1.78. The predicted octanol–water partition coefficient (Wildman–Crippen LogP) is 2.65. The molecular formula is C24H28N2O6. The number of ether oxygens (including phenoxy) is 1. The number of amides is 2. The first-order valence-electron chi connectivity index (χ1n) is 10.5. The van der Waals surface area contributed by atoms with Crippen LogP contribution in [0.4, 0.5) is 4.79 Å². The Morgan fingerprint density at radius 2 is 1.62 bits per heavy atom. The molecule has 170 valence electrons. The van der Waals surface area contributed by atoms with E-state index in [1.165, 1.54) is 6.92 Å². The molecule has 0 saturated heterocycles. The first-order valence-corrected chi connectivity index (χ1v) is 10.5. The zero-order chi connectivity index (χ0) is 23.3. The molecule has 1 unspecified atom stereocenters. The molecule has 0 aromatic heterocycles. The fourth-order valence-electron chi connectivity index (χ4n) is 3.92. The van der Waals surface area contributed by atoms with E-state index in [0.29, 0.717) is 6.42 Å². The molecule has 1 aliphatic carbocycles. The highest BCUT2D eigenvalue weighted by Crippen LogP contribution is 2.44. The van der Waals surface area contributed by atoms with Crippen LogP contribution in [-0.4, -0.2) is 53.0 Å². The van der Waals surface area contributed by atoms with E-state index in [2.05, 4.69) is 10.6 Å². The maximum Gasteiger partial charge on any atom is 0.407 e. The van der Waals surface area contributed by atoms with Crippen molar-refractivity contribution < 1.29 is 29.3 Å². The van der Waals surface area contributed by atoms with E-state index in [9.17, 15) is 19.5 Å². The van der Waals surface area contributed by atoms with Crippen LogP contribution in [0.2, 0.25) is 0 Å². The lowest BCUT2D eigenvalue weighted by Gasteiger charge is -2.24. The number of benzene rings is 2. The van der Waals surface area contributed by atoms with Gasteiger partial charge in [0.15, 0.2) is 0 Å². The topological polar surface area (TPSA) is 125 Å². The summed E-state index contributed by atoms with van der Waals surface area (Å²) in [6.07, 6.45) is -0.924. The normalized spacial score (nSPS) is 15.1. The Morgan fingerprint density at radius 1 is 1.06 bits per heavy atom. The van der Waals surface area contributed by atoms with Gasteiger partial charge in [-0.25, -0.2) is 4.79 Å². The molecule has 2 aromatic carbocycles. The number of rotatable bonds is 9. The van der Waals surface area contributed by atoms with Crippen molar-refractivity contribution in [3.8, 4) is 11.1 Å². The van der Waals surface area contributed by atoms with Crippen molar-refractivity contribution in [1.82, 2.24) is 10.6 Å². The summed E-state index contributed by atoms with van der Waals surface area (Å²) in [5.41, 5.74) is 2.83. The Bertz CT molecular complexity index is 958. The molecule has 32 heavy (non-hydrogen) atoms. The Balaban J connectivity index is 1.57. The van der Waals surface area contributed by atoms with E-state index in [1.807, 2.05) is 48.5 Å². The van der Waals surface area contributed by atoms with Gasteiger partial charge in [0.25, 0.3) is 0 Å². The van der Waals surface area contributed by atoms with Crippen LogP contribution in [0, 0.1) is 0 Å². The Labute approximate surface area is 186 Å². The van der Waals surface area contributed by atoms with Crippen LogP contribution in [0.1, 0.15) is 43.7 Å². The zero-order valence-electron chi connectivity index (χ0n) is 18.1. The van der Waals surface area contributed by atoms with Gasteiger partial charge < -0.3 is 25.6 Å². The Kier molecular flexibility index (Phi) is 7.15. The van der Waals surface area contributed by atoms with E-state index in [-0.39, 0.29) is 19.1 Å². The molecule has 3 rings (SSSR count). The standard InChI is InChI=1S/C24H28N2O6/c1-3-20(22(29)25-14-24(2,31)12-21(27)28)26-23(30)32-13-19-17-10-6-4-8-15(17)16-9-5-7-11-18(16)19/h4-11,19-20,31H,3,12-14H2,1-2H3,(H,25,29)(H,26,30)(H,27,28)/t20-,24?/m0/s1. The molecule has 0 radical (unpaired) electrons. The quantitative estimate of drug-likeness (QED) is 0.475. The van der Waals surface area contributed by atoms with Crippen LogP contribution in [0.5, 0.6) is 0 Å². The molecule has 0 spiro atoms. The van der Waals surface area contributed by atoms with Gasteiger partial charge in [-0.05, 0) is 35.6 Å². The maximum atomic E-state index is 12.4. The van der Waals surface area contributed by atoms with Crippen molar-refractivity contribution in [2.24, 2.45) is 0 Å². The highest BCUT2D eigenvalue weighted by Gasteiger charge is 2.30. The van der Waals surface area contributed by atoms with Crippen LogP contribution in [-0.2, 0) is 14.3 Å². The molecule has 2 atom stereocenters. The number of carboxylic acids is 1. The lowest BCUT2D eigenvalue weighted by Crippen LogP contribution is -2.50. The average molecular weight is 440 g/mol. The zero-order valence-corrected chi connectivity index (χ0v) is 18.1. The fourth-order valence-corrected chi connectivity index (χ4v) is 3.92. The predicted molar refractivity (Wildman–Crippen MR) is 118 cm³/mol. The van der Waals surface area contributed by atoms with Gasteiger partial charge >= 0.3 is 12.1 Å². The van der Waals surface area contributed by atoms with Crippen molar-refractivity contribution in [2.45, 2.75) is 44.2 Å². The van der Waals surface area contributed by atoms with Crippen molar-refractivity contribution in [1.29, 1.82) is 0 Å². The van der Waals surface area contributed by atoms with Gasteiger partial charge in [-0.15, -0.1) is 0 Å². The van der Waals surface area contributed by atoms with Gasteiger partial charge in [0.1, 0.15) is 12.6 Å². The molecule has 4 N–H and O–H groups in total. The molecule has 8 nitrogen and oxygen atoms in total. The van der Waals surface area contributed by atoms with Gasteiger partial charge in [-0.2, -0.15) is 0 Å². The lowest BCUT2D eigenvalue weighted by atomic mass is 9.98. The highest BCUT2D eigenvalue weighted by atomic mass is 16.5. The third-order valence-corrected chi connectivity index (χ3v) is 5.54. The molecule has 1 aliphatic rings. The third-order valence-electron chi connectivity index (χ3n) is 5.54. The number of aliphatic carboxylic acids is 1. The minimum Gasteiger partial charge on any atom is -0.481 e. The monoisotopic (exact) mass is 440 g/mol. The molecule has 0 fully saturated rings. The molecule has 0 heterocycles. The van der Waals surface area contributed by atoms with Gasteiger partial charge in [0.2, 0.25) is 5.91 Å². The van der Waals surface area contributed by atoms with Crippen LogP contribution < -0.4 is 10.6 Å². The summed E-state index contributed by atoms with van der Waals surface area (Å²) in [5, 5.41) is 23.9. The Hall–Kier alpha value is -3.39. The minimum absolute atomic E-state index is 0.0897. The summed E-state index contributed by atoms with van der Waals surface area (Å²) in [6, 6.07) is 15.1. The summed E-state index contributed by atoms with van der Waals surface area (Å²) in [7, 11) is 0. The van der Waals surface area contributed by atoms with Crippen LogP contribution in [0.3, 0.4) is 0 Å². The molecule has 2 aromatic rings. The van der Waals surface area contributed by atoms with Crippen LogP contribution in [0.15, 0.2) is 48.5 Å². The number of nitrogens with one attached hydrogen (secondary N) is 2. The molecule has 0 aliphatic heterocycles. The van der Waals surface area contributed by atoms with E-state index < -0.39 is 36.0 Å². The van der Waals surface area contributed by atoms with E-state index in [0.717, 1.165) is 22.3 Å². The van der Waals surface area contributed by atoms with Crippen molar-refractivity contribution >= 4 is 18.0 Å². The molecular weight excluding hydrogens is 412 g/mol. The van der Waals surface area contributed by atoms with E-state index in [4.69, 9.17) is 9.84 Å². The summed E-state index contributed by atoms with van der Waals surface area (Å²) >= 11 is 0. The second-order valence-corrected chi connectivity index (χ2v) is 8.22. The second kappa shape index (κ2) is 9.82.